The van der Waals surface area contributed by atoms with Gasteiger partial charge in [0.2, 0.25) is 5.91 Å². The molecule has 1 amide bonds. The number of amides is 1. The summed E-state index contributed by atoms with van der Waals surface area (Å²) in [6, 6.07) is 7.50. The minimum Gasteiger partial charge on any atom is -0.550 e. The normalized spacial score (nSPS) is 21.1. The van der Waals surface area contributed by atoms with Crippen LogP contribution in [0.2, 0.25) is 0 Å². The molecular formula is C12H11N2O3S-. The van der Waals surface area contributed by atoms with Crippen LogP contribution in [0.3, 0.4) is 0 Å². The Bertz CT molecular complexity index is 511. The number of thioether (sulfide) groups is 1. The van der Waals surface area contributed by atoms with E-state index in [4.69, 9.17) is 0 Å². The largest absolute Gasteiger partial charge is 0.550 e. The molecule has 1 aromatic carbocycles. The predicted octanol–water partition coefficient (Wildman–Crippen LogP) is 0.354. The Morgan fingerprint density at radius 2 is 2.11 bits per heavy atom. The number of hydrogen-bond donors (Lipinski definition) is 1. The van der Waals surface area contributed by atoms with Gasteiger partial charge in [0.15, 0.2) is 5.17 Å². The molecule has 2 rings (SSSR count). The highest BCUT2D eigenvalue weighted by Gasteiger charge is 2.30. The number of aliphatic carboxylic acids is 1. The number of rotatable bonds is 3. The smallest absolute Gasteiger partial charge is 0.239 e. The van der Waals surface area contributed by atoms with Crippen LogP contribution in [0.25, 0.3) is 0 Å². The lowest BCUT2D eigenvalue weighted by molar-refractivity contribution is -0.305. The molecule has 5 nitrogen and oxygen atoms in total. The van der Waals surface area contributed by atoms with Gasteiger partial charge in [-0.2, -0.15) is 0 Å². The van der Waals surface area contributed by atoms with E-state index in [1.165, 1.54) is 0 Å². The van der Waals surface area contributed by atoms with Gasteiger partial charge in [-0.25, -0.2) is 4.99 Å². The molecule has 18 heavy (non-hydrogen) atoms. The summed E-state index contributed by atoms with van der Waals surface area (Å²) in [4.78, 5) is 26.2. The van der Waals surface area contributed by atoms with Crippen molar-refractivity contribution in [1.82, 2.24) is 5.32 Å². The number of carbonyl (C=O) groups excluding carboxylic acids is 2. The van der Waals surface area contributed by atoms with Crippen molar-refractivity contribution in [3.63, 3.8) is 0 Å². The first-order chi connectivity index (χ1) is 8.54. The lowest BCUT2D eigenvalue weighted by Crippen LogP contribution is -2.31. The van der Waals surface area contributed by atoms with E-state index >= 15 is 0 Å². The number of aliphatic imine (C=N–C) groups is 1. The van der Waals surface area contributed by atoms with Crippen LogP contribution < -0.4 is 10.4 Å². The second-order valence-electron chi connectivity index (χ2n) is 3.92. The molecule has 1 N–H and O–H groups in total. The minimum atomic E-state index is -1.24. The summed E-state index contributed by atoms with van der Waals surface area (Å²) in [5.74, 6) is -1.57. The Hall–Kier alpha value is -1.82. The van der Waals surface area contributed by atoms with E-state index < -0.39 is 11.2 Å². The first kappa shape index (κ1) is 12.6. The number of hydrogen-bond acceptors (Lipinski definition) is 5. The van der Waals surface area contributed by atoms with Crippen molar-refractivity contribution in [2.45, 2.75) is 18.6 Å². The summed E-state index contributed by atoms with van der Waals surface area (Å²) in [5, 5.41) is 12.8. The zero-order valence-electron chi connectivity index (χ0n) is 9.67. The zero-order chi connectivity index (χ0) is 13.1. The number of aryl methyl sites for hydroxylation is 1. The van der Waals surface area contributed by atoms with Crippen molar-refractivity contribution >= 4 is 34.5 Å². The average Bonchev–Trinajstić information content (AvgIpc) is 2.62. The van der Waals surface area contributed by atoms with E-state index in [1.807, 2.05) is 31.2 Å². The molecule has 1 fully saturated rings. The Labute approximate surface area is 108 Å². The fraction of sp³-hybridized carbons (Fsp3) is 0.250. The molecule has 0 bridgehead atoms. The van der Waals surface area contributed by atoms with Gasteiger partial charge < -0.3 is 15.2 Å². The van der Waals surface area contributed by atoms with E-state index in [1.54, 1.807) is 0 Å². The van der Waals surface area contributed by atoms with Crippen LogP contribution in [-0.4, -0.2) is 22.3 Å². The van der Waals surface area contributed by atoms with Gasteiger partial charge in [0.1, 0.15) is 0 Å². The van der Waals surface area contributed by atoms with Crippen LogP contribution in [0.15, 0.2) is 29.3 Å². The third-order valence-electron chi connectivity index (χ3n) is 2.39. The number of carbonyl (C=O) groups is 2. The van der Waals surface area contributed by atoms with Gasteiger partial charge in [-0.1, -0.05) is 29.5 Å². The highest BCUT2D eigenvalue weighted by atomic mass is 32.2. The molecule has 1 atom stereocenters. The molecule has 0 radical (unpaired) electrons. The molecule has 0 saturated carbocycles. The second-order valence-corrected chi connectivity index (χ2v) is 5.12. The zero-order valence-corrected chi connectivity index (χ0v) is 10.5. The number of carboxylic acid groups (broad SMARTS) is 1. The number of nitrogens with one attached hydrogen (secondary N) is 1. The third-order valence-corrected chi connectivity index (χ3v) is 3.48. The van der Waals surface area contributed by atoms with Crippen molar-refractivity contribution in [2.24, 2.45) is 4.99 Å². The number of nitrogens with zero attached hydrogens (tertiary/aromatic N) is 1. The standard InChI is InChI=1S/C12H12N2O3S/c1-7-2-4-8(5-3-7)13-12-14-11(17)9(18-12)6-10(15)16/h2-5,9H,6H2,1H3,(H,15,16)(H,13,14,17)/p-1/t9-/m0/s1. The van der Waals surface area contributed by atoms with E-state index in [2.05, 4.69) is 10.3 Å². The fourth-order valence-electron chi connectivity index (χ4n) is 1.48. The molecule has 0 unspecified atom stereocenters. The molecule has 1 heterocycles. The molecule has 6 heteroatoms. The molecule has 1 aliphatic heterocycles. The van der Waals surface area contributed by atoms with Crippen LogP contribution >= 0.6 is 11.8 Å². The maximum absolute atomic E-state index is 11.5. The monoisotopic (exact) mass is 263 g/mol. The average molecular weight is 263 g/mol. The summed E-state index contributed by atoms with van der Waals surface area (Å²) < 4.78 is 0. The van der Waals surface area contributed by atoms with Crippen LogP contribution in [0, 0.1) is 6.92 Å². The van der Waals surface area contributed by atoms with Crippen molar-refractivity contribution < 1.29 is 14.7 Å². The molecule has 1 aliphatic rings. The molecule has 94 valence electrons. The SMILES string of the molecule is Cc1ccc(N=C2NC(=O)[C@H](CC(=O)[O-])S2)cc1. The lowest BCUT2D eigenvalue weighted by atomic mass is 10.2. The summed E-state index contributed by atoms with van der Waals surface area (Å²) in [6.45, 7) is 1.97. The van der Waals surface area contributed by atoms with Gasteiger partial charge in [0.05, 0.1) is 10.9 Å². The predicted molar refractivity (Wildman–Crippen MR) is 67.4 cm³/mol. The van der Waals surface area contributed by atoms with Crippen molar-refractivity contribution in [3.8, 4) is 0 Å². The summed E-state index contributed by atoms with van der Waals surface area (Å²) >= 11 is 1.11. The molecular weight excluding hydrogens is 252 g/mol. The summed E-state index contributed by atoms with van der Waals surface area (Å²) in [5.41, 5.74) is 1.84. The van der Waals surface area contributed by atoms with Crippen molar-refractivity contribution in [2.75, 3.05) is 0 Å². The molecule has 0 spiro atoms. The fourth-order valence-corrected chi connectivity index (χ4v) is 2.45. The van der Waals surface area contributed by atoms with Crippen LogP contribution in [-0.2, 0) is 9.59 Å². The first-order valence-electron chi connectivity index (χ1n) is 5.37. The minimum absolute atomic E-state index is 0.302. The summed E-state index contributed by atoms with van der Waals surface area (Å²) in [6.07, 6.45) is -0.302. The lowest BCUT2D eigenvalue weighted by Gasteiger charge is -2.04. The highest BCUT2D eigenvalue weighted by molar-refractivity contribution is 8.15. The van der Waals surface area contributed by atoms with Crippen molar-refractivity contribution in [3.05, 3.63) is 29.8 Å². The van der Waals surface area contributed by atoms with Crippen LogP contribution in [0.4, 0.5) is 5.69 Å². The van der Waals surface area contributed by atoms with Gasteiger partial charge in [-0.05, 0) is 19.1 Å². The highest BCUT2D eigenvalue weighted by Crippen LogP contribution is 2.24. The summed E-state index contributed by atoms with van der Waals surface area (Å²) in [7, 11) is 0. The second kappa shape index (κ2) is 5.22. The molecule has 0 aromatic heterocycles. The maximum atomic E-state index is 11.5. The van der Waals surface area contributed by atoms with E-state index in [9.17, 15) is 14.7 Å². The number of amidine groups is 1. The quantitative estimate of drug-likeness (QED) is 0.853. The molecule has 1 aromatic rings. The first-order valence-corrected chi connectivity index (χ1v) is 6.25. The van der Waals surface area contributed by atoms with E-state index in [0.717, 1.165) is 23.0 Å². The molecule has 1 saturated heterocycles. The van der Waals surface area contributed by atoms with E-state index in [-0.39, 0.29) is 12.3 Å². The topological polar surface area (TPSA) is 81.6 Å². The maximum Gasteiger partial charge on any atom is 0.239 e. The van der Waals surface area contributed by atoms with Gasteiger partial charge in [0.25, 0.3) is 0 Å². The van der Waals surface area contributed by atoms with Gasteiger partial charge in [0, 0.05) is 12.4 Å². The Kier molecular flexibility index (Phi) is 3.66. The van der Waals surface area contributed by atoms with Crippen molar-refractivity contribution in [1.29, 1.82) is 0 Å². The Morgan fingerprint density at radius 1 is 1.44 bits per heavy atom. The Balaban J connectivity index is 2.09. The Morgan fingerprint density at radius 3 is 2.72 bits per heavy atom. The number of benzene rings is 1. The van der Waals surface area contributed by atoms with Gasteiger partial charge in [-0.15, -0.1) is 0 Å². The van der Waals surface area contributed by atoms with Gasteiger partial charge >= 0.3 is 0 Å². The number of carboxylic acids is 1. The third kappa shape index (κ3) is 3.10. The van der Waals surface area contributed by atoms with Gasteiger partial charge in [-0.3, -0.25) is 4.79 Å². The van der Waals surface area contributed by atoms with E-state index in [0.29, 0.717) is 5.17 Å². The molecule has 0 aliphatic carbocycles. The van der Waals surface area contributed by atoms with Crippen LogP contribution in [0.5, 0.6) is 0 Å². The van der Waals surface area contributed by atoms with Crippen LogP contribution in [0.1, 0.15) is 12.0 Å².